The summed E-state index contributed by atoms with van der Waals surface area (Å²) in [5, 5.41) is 9.92. The van der Waals surface area contributed by atoms with E-state index in [0.717, 1.165) is 10.9 Å². The first kappa shape index (κ1) is 13.1. The molecule has 2 aromatic carbocycles. The van der Waals surface area contributed by atoms with Gasteiger partial charge in [0.25, 0.3) is 0 Å². The summed E-state index contributed by atoms with van der Waals surface area (Å²) in [5.41, 5.74) is 3.46. The van der Waals surface area contributed by atoms with E-state index >= 15 is 0 Å². The topological polar surface area (TPSA) is 45.8 Å². The van der Waals surface area contributed by atoms with Gasteiger partial charge in [0, 0.05) is 17.3 Å². The van der Waals surface area contributed by atoms with Crippen molar-refractivity contribution in [1.82, 2.24) is 4.57 Å². The fourth-order valence-corrected chi connectivity index (χ4v) is 2.43. The third kappa shape index (κ3) is 2.56. The molecule has 21 heavy (non-hydrogen) atoms. The smallest absolute Gasteiger partial charge is 0.182 e. The summed E-state index contributed by atoms with van der Waals surface area (Å²) in [5.74, 6) is 0.0394. The average molecular weight is 274 g/mol. The van der Waals surface area contributed by atoms with Crippen LogP contribution in [0.5, 0.6) is 0 Å². The third-order valence-electron chi connectivity index (χ3n) is 3.58. The summed E-state index contributed by atoms with van der Waals surface area (Å²) >= 11 is 0. The molecule has 0 bridgehead atoms. The van der Waals surface area contributed by atoms with Crippen LogP contribution in [-0.4, -0.2) is 10.4 Å². The highest BCUT2D eigenvalue weighted by Crippen LogP contribution is 2.18. The molecule has 0 unspecified atom stereocenters. The van der Waals surface area contributed by atoms with E-state index in [1.165, 1.54) is 5.56 Å². The number of rotatable bonds is 3. The third-order valence-corrected chi connectivity index (χ3v) is 3.58. The van der Waals surface area contributed by atoms with Crippen molar-refractivity contribution in [2.24, 2.45) is 0 Å². The Morgan fingerprint density at radius 3 is 2.62 bits per heavy atom. The number of carbonyl (C=O) groups excluding carboxylic acids is 1. The van der Waals surface area contributed by atoms with Crippen LogP contribution in [0.3, 0.4) is 0 Å². The molecular weight excluding hydrogens is 260 g/mol. The summed E-state index contributed by atoms with van der Waals surface area (Å²) in [6, 6.07) is 17.0. The van der Waals surface area contributed by atoms with E-state index in [9.17, 15) is 4.79 Å². The van der Waals surface area contributed by atoms with Crippen LogP contribution >= 0.6 is 0 Å². The highest BCUT2D eigenvalue weighted by atomic mass is 16.1. The number of benzene rings is 2. The first-order chi connectivity index (χ1) is 10.2. The van der Waals surface area contributed by atoms with Crippen molar-refractivity contribution in [3.8, 4) is 6.07 Å². The first-order valence-corrected chi connectivity index (χ1v) is 6.76. The van der Waals surface area contributed by atoms with E-state index in [1.54, 1.807) is 24.3 Å². The highest BCUT2D eigenvalue weighted by molar-refractivity contribution is 5.97. The maximum Gasteiger partial charge on any atom is 0.182 e. The van der Waals surface area contributed by atoms with Crippen LogP contribution in [0.1, 0.15) is 21.5 Å². The Balaban J connectivity index is 1.87. The number of carbonyl (C=O) groups is 1. The molecule has 1 aromatic heterocycles. The average Bonchev–Trinajstić information content (AvgIpc) is 2.89. The van der Waals surface area contributed by atoms with Gasteiger partial charge in [-0.15, -0.1) is 0 Å². The summed E-state index contributed by atoms with van der Waals surface area (Å²) in [6.07, 6.45) is 1.94. The Labute approximate surface area is 123 Å². The standard InChI is InChI=1S/C18H14N2O/c1-13-2-7-17-16(10-13)8-9-20(17)12-18(21)15-5-3-14(11-19)4-6-15/h2-10H,12H2,1H3. The summed E-state index contributed by atoms with van der Waals surface area (Å²) in [6.45, 7) is 2.36. The zero-order chi connectivity index (χ0) is 14.8. The number of aromatic nitrogens is 1. The molecule has 0 radical (unpaired) electrons. The number of Topliss-reactive ketones (excluding diaryl/α,β-unsaturated/α-hetero) is 1. The normalized spacial score (nSPS) is 10.5. The van der Waals surface area contributed by atoms with Gasteiger partial charge in [0.1, 0.15) is 0 Å². The lowest BCUT2D eigenvalue weighted by molar-refractivity contribution is 0.0973. The van der Waals surface area contributed by atoms with Crippen LogP contribution in [0.25, 0.3) is 10.9 Å². The fourth-order valence-electron chi connectivity index (χ4n) is 2.43. The molecule has 0 N–H and O–H groups in total. The Hall–Kier alpha value is -2.86. The van der Waals surface area contributed by atoms with Crippen LogP contribution in [0, 0.1) is 18.3 Å². The molecule has 1 heterocycles. The minimum absolute atomic E-state index is 0.0394. The zero-order valence-corrected chi connectivity index (χ0v) is 11.7. The molecule has 0 fully saturated rings. The molecule has 3 nitrogen and oxygen atoms in total. The van der Waals surface area contributed by atoms with E-state index < -0.39 is 0 Å². The SMILES string of the molecule is Cc1ccc2c(ccn2CC(=O)c2ccc(C#N)cc2)c1. The van der Waals surface area contributed by atoms with Crippen molar-refractivity contribution >= 4 is 16.7 Å². The van der Waals surface area contributed by atoms with Crippen LogP contribution in [0.15, 0.2) is 54.7 Å². The van der Waals surface area contributed by atoms with Gasteiger partial charge in [-0.25, -0.2) is 0 Å². The summed E-state index contributed by atoms with van der Waals surface area (Å²) < 4.78 is 1.95. The maximum absolute atomic E-state index is 12.3. The van der Waals surface area contributed by atoms with E-state index in [-0.39, 0.29) is 5.78 Å². The van der Waals surface area contributed by atoms with Crippen molar-refractivity contribution in [2.75, 3.05) is 0 Å². The largest absolute Gasteiger partial charge is 0.340 e. The van der Waals surface area contributed by atoms with Crippen molar-refractivity contribution in [2.45, 2.75) is 13.5 Å². The summed E-state index contributed by atoms with van der Waals surface area (Å²) in [4.78, 5) is 12.3. The van der Waals surface area contributed by atoms with Crippen molar-refractivity contribution < 1.29 is 4.79 Å². The molecular formula is C18H14N2O. The van der Waals surface area contributed by atoms with Gasteiger partial charge in [-0.1, -0.05) is 23.8 Å². The maximum atomic E-state index is 12.3. The molecule has 0 atom stereocenters. The number of fused-ring (bicyclic) bond motifs is 1. The van der Waals surface area contributed by atoms with Crippen molar-refractivity contribution in [1.29, 1.82) is 5.26 Å². The van der Waals surface area contributed by atoms with Gasteiger partial charge in [0.05, 0.1) is 18.2 Å². The number of aryl methyl sites for hydroxylation is 1. The van der Waals surface area contributed by atoms with E-state index in [2.05, 4.69) is 19.1 Å². The van der Waals surface area contributed by atoms with Crippen LogP contribution in [0.2, 0.25) is 0 Å². The van der Waals surface area contributed by atoms with Crippen LogP contribution in [-0.2, 0) is 6.54 Å². The molecule has 0 aliphatic rings. The van der Waals surface area contributed by atoms with Crippen molar-refractivity contribution in [3.63, 3.8) is 0 Å². The van der Waals surface area contributed by atoms with E-state index in [4.69, 9.17) is 5.26 Å². The lowest BCUT2D eigenvalue weighted by atomic mass is 10.1. The number of nitrogens with zero attached hydrogens (tertiary/aromatic N) is 2. The zero-order valence-electron chi connectivity index (χ0n) is 11.7. The number of nitriles is 1. The lowest BCUT2D eigenvalue weighted by Gasteiger charge is -2.05. The van der Waals surface area contributed by atoms with Gasteiger partial charge < -0.3 is 4.57 Å². The molecule has 3 aromatic rings. The minimum Gasteiger partial charge on any atom is -0.340 e. The van der Waals surface area contributed by atoms with Gasteiger partial charge in [-0.05, 0) is 42.6 Å². The van der Waals surface area contributed by atoms with E-state index in [0.29, 0.717) is 17.7 Å². The van der Waals surface area contributed by atoms with Crippen LogP contribution in [0.4, 0.5) is 0 Å². The van der Waals surface area contributed by atoms with Gasteiger partial charge >= 0.3 is 0 Å². The lowest BCUT2D eigenvalue weighted by Crippen LogP contribution is -2.09. The molecule has 0 amide bonds. The monoisotopic (exact) mass is 274 g/mol. The Morgan fingerprint density at radius 1 is 1.14 bits per heavy atom. The fraction of sp³-hybridized carbons (Fsp3) is 0.111. The van der Waals surface area contributed by atoms with Crippen LogP contribution < -0.4 is 0 Å². The molecule has 0 saturated heterocycles. The Bertz CT molecular complexity index is 851. The molecule has 0 spiro atoms. The van der Waals surface area contributed by atoms with Gasteiger partial charge in [0.2, 0.25) is 0 Å². The number of hydrogen-bond donors (Lipinski definition) is 0. The Morgan fingerprint density at radius 2 is 1.90 bits per heavy atom. The number of hydrogen-bond acceptors (Lipinski definition) is 2. The van der Waals surface area contributed by atoms with Crippen molar-refractivity contribution in [3.05, 3.63) is 71.4 Å². The van der Waals surface area contributed by atoms with Gasteiger partial charge in [0.15, 0.2) is 5.78 Å². The van der Waals surface area contributed by atoms with E-state index in [1.807, 2.05) is 29.0 Å². The minimum atomic E-state index is 0.0394. The number of ketones is 1. The highest BCUT2D eigenvalue weighted by Gasteiger charge is 2.09. The van der Waals surface area contributed by atoms with Gasteiger partial charge in [-0.2, -0.15) is 5.26 Å². The predicted molar refractivity (Wildman–Crippen MR) is 82.2 cm³/mol. The molecule has 3 rings (SSSR count). The molecule has 3 heteroatoms. The predicted octanol–water partition coefficient (Wildman–Crippen LogP) is 3.70. The molecule has 0 saturated carbocycles. The quantitative estimate of drug-likeness (QED) is 0.683. The first-order valence-electron chi connectivity index (χ1n) is 6.76. The molecule has 0 aliphatic heterocycles. The molecule has 0 aliphatic carbocycles. The molecule has 102 valence electrons. The Kier molecular flexibility index (Phi) is 3.29. The van der Waals surface area contributed by atoms with Gasteiger partial charge in [-0.3, -0.25) is 4.79 Å². The second-order valence-electron chi connectivity index (χ2n) is 5.12. The second kappa shape index (κ2) is 5.26. The summed E-state index contributed by atoms with van der Waals surface area (Å²) in [7, 11) is 0. The second-order valence-corrected chi connectivity index (χ2v) is 5.12.